The van der Waals surface area contributed by atoms with Crippen molar-refractivity contribution in [2.45, 2.75) is 23.2 Å². The van der Waals surface area contributed by atoms with Crippen LogP contribution in [0.4, 0.5) is 0 Å². The van der Waals surface area contributed by atoms with Crippen LogP contribution in [-0.4, -0.2) is 39.8 Å². The Kier molecular flexibility index (Phi) is 4.37. The van der Waals surface area contributed by atoms with Gasteiger partial charge in [0.1, 0.15) is 0 Å². The zero-order valence-electron chi connectivity index (χ0n) is 10.5. The van der Waals surface area contributed by atoms with Gasteiger partial charge in [0.15, 0.2) is 9.84 Å². The van der Waals surface area contributed by atoms with Gasteiger partial charge in [0.2, 0.25) is 10.0 Å². The van der Waals surface area contributed by atoms with E-state index >= 15 is 0 Å². The van der Waals surface area contributed by atoms with Crippen LogP contribution in [0.1, 0.15) is 5.56 Å². The number of alkyl halides is 1. The number of hydrogen-bond donors (Lipinski definition) is 1. The highest BCUT2D eigenvalue weighted by Gasteiger charge is 2.39. The minimum atomic E-state index is -3.86. The molecule has 1 aromatic carbocycles. The third-order valence-electron chi connectivity index (χ3n) is 3.03. The van der Waals surface area contributed by atoms with Crippen molar-refractivity contribution in [3.05, 3.63) is 28.8 Å². The molecule has 1 heterocycles. The molecule has 1 aromatic rings. The molecule has 1 aliphatic heterocycles. The van der Waals surface area contributed by atoms with Crippen molar-refractivity contribution < 1.29 is 16.8 Å². The molecule has 0 radical (unpaired) electrons. The fourth-order valence-electron chi connectivity index (χ4n) is 2.04. The van der Waals surface area contributed by atoms with E-state index in [0.717, 1.165) is 0 Å². The number of benzene rings is 1. The summed E-state index contributed by atoms with van der Waals surface area (Å²) in [6.45, 7) is 1.63. The predicted octanol–water partition coefficient (Wildman–Crippen LogP) is 1.33. The second-order valence-corrected chi connectivity index (χ2v) is 9.56. The van der Waals surface area contributed by atoms with Gasteiger partial charge in [-0.2, -0.15) is 0 Å². The first-order valence-corrected chi connectivity index (χ1v) is 9.85. The van der Waals surface area contributed by atoms with E-state index in [9.17, 15) is 16.8 Å². The summed E-state index contributed by atoms with van der Waals surface area (Å²) in [7, 11) is -7.17. The maximum Gasteiger partial charge on any atom is 0.241 e. The fourth-order valence-corrected chi connectivity index (χ4v) is 6.55. The summed E-state index contributed by atoms with van der Waals surface area (Å²) in [6, 6.07) is 3.66. The number of sulfone groups is 1. The highest BCUT2D eigenvalue weighted by atomic mass is 35.5. The minimum Gasteiger partial charge on any atom is -0.229 e. The SMILES string of the molecule is Cc1ccc(Cl)cc1S(=O)(=O)N[C@@H]1CS(=O)(=O)C[C@H]1Cl. The van der Waals surface area contributed by atoms with Crippen LogP contribution < -0.4 is 4.72 Å². The highest BCUT2D eigenvalue weighted by Crippen LogP contribution is 2.23. The Hall–Kier alpha value is -0.340. The Morgan fingerprint density at radius 2 is 1.95 bits per heavy atom. The lowest BCUT2D eigenvalue weighted by Crippen LogP contribution is -2.40. The van der Waals surface area contributed by atoms with Crippen LogP contribution in [0.25, 0.3) is 0 Å². The Bertz CT molecular complexity index is 731. The van der Waals surface area contributed by atoms with Crippen LogP contribution in [0.15, 0.2) is 23.1 Å². The molecule has 2 atom stereocenters. The van der Waals surface area contributed by atoms with Crippen LogP contribution in [0.5, 0.6) is 0 Å². The second kappa shape index (κ2) is 5.46. The molecule has 0 unspecified atom stereocenters. The van der Waals surface area contributed by atoms with Gasteiger partial charge in [0.25, 0.3) is 0 Å². The largest absolute Gasteiger partial charge is 0.241 e. The van der Waals surface area contributed by atoms with E-state index in [1.165, 1.54) is 6.07 Å². The first kappa shape index (κ1) is 16.0. The van der Waals surface area contributed by atoms with E-state index in [1.807, 2.05) is 0 Å². The average Bonchev–Trinajstić information content (AvgIpc) is 2.54. The number of rotatable bonds is 3. The molecule has 0 aliphatic carbocycles. The van der Waals surface area contributed by atoms with Crippen LogP contribution >= 0.6 is 23.2 Å². The molecule has 0 spiro atoms. The molecule has 0 bridgehead atoms. The maximum atomic E-state index is 12.3. The number of hydrogen-bond acceptors (Lipinski definition) is 4. The topological polar surface area (TPSA) is 80.3 Å². The standard InChI is InChI=1S/C11H13Cl2NO4S2/c1-7-2-3-8(12)4-11(7)20(17,18)14-10-6-19(15,16)5-9(10)13/h2-4,9-10,14H,5-6H2,1H3/t9-,10-/m1/s1. The molecule has 112 valence electrons. The Morgan fingerprint density at radius 1 is 1.30 bits per heavy atom. The number of halogens is 2. The van der Waals surface area contributed by atoms with Crippen molar-refractivity contribution in [3.8, 4) is 0 Å². The van der Waals surface area contributed by atoms with Crippen molar-refractivity contribution in [3.63, 3.8) is 0 Å². The number of nitrogens with one attached hydrogen (secondary N) is 1. The summed E-state index contributed by atoms with van der Waals surface area (Å²) in [5.41, 5.74) is 0.522. The van der Waals surface area contributed by atoms with Gasteiger partial charge in [0, 0.05) is 5.02 Å². The molecule has 9 heteroatoms. The molecule has 1 fully saturated rings. The summed E-state index contributed by atoms with van der Waals surface area (Å²) in [6.07, 6.45) is 0. The second-order valence-electron chi connectivity index (χ2n) is 4.73. The van der Waals surface area contributed by atoms with Gasteiger partial charge in [-0.15, -0.1) is 11.6 Å². The Labute approximate surface area is 128 Å². The molecule has 0 aromatic heterocycles. The molecule has 0 amide bonds. The number of sulfonamides is 1. The van der Waals surface area contributed by atoms with E-state index in [-0.39, 0.29) is 21.4 Å². The van der Waals surface area contributed by atoms with Crippen LogP contribution in [0, 0.1) is 6.92 Å². The molecule has 1 N–H and O–H groups in total. The zero-order chi connectivity index (χ0) is 15.1. The van der Waals surface area contributed by atoms with Gasteiger partial charge >= 0.3 is 0 Å². The summed E-state index contributed by atoms with van der Waals surface area (Å²) in [4.78, 5) is 0.0261. The quantitative estimate of drug-likeness (QED) is 0.827. The van der Waals surface area contributed by atoms with Crippen LogP contribution in [0.3, 0.4) is 0 Å². The van der Waals surface area contributed by atoms with Crippen molar-refractivity contribution in [2.24, 2.45) is 0 Å². The van der Waals surface area contributed by atoms with Gasteiger partial charge in [-0.05, 0) is 24.6 Å². The molecular formula is C11H13Cl2NO4S2. The van der Waals surface area contributed by atoms with E-state index in [4.69, 9.17) is 23.2 Å². The zero-order valence-corrected chi connectivity index (χ0v) is 13.7. The number of aryl methyl sites for hydroxylation is 1. The van der Waals surface area contributed by atoms with E-state index in [1.54, 1.807) is 19.1 Å². The van der Waals surface area contributed by atoms with Crippen molar-refractivity contribution in [2.75, 3.05) is 11.5 Å². The maximum absolute atomic E-state index is 12.3. The minimum absolute atomic E-state index is 0.0261. The highest BCUT2D eigenvalue weighted by molar-refractivity contribution is 7.92. The average molecular weight is 358 g/mol. The Balaban J connectivity index is 2.31. The molecule has 1 saturated heterocycles. The first-order chi connectivity index (χ1) is 9.11. The lowest BCUT2D eigenvalue weighted by atomic mass is 10.2. The molecule has 20 heavy (non-hydrogen) atoms. The smallest absolute Gasteiger partial charge is 0.229 e. The third kappa shape index (κ3) is 3.46. The summed E-state index contributed by atoms with van der Waals surface area (Å²) in [5.74, 6) is -0.518. The van der Waals surface area contributed by atoms with Crippen LogP contribution in [0.2, 0.25) is 5.02 Å². The molecule has 1 aliphatic rings. The molecule has 0 saturated carbocycles. The first-order valence-electron chi connectivity index (χ1n) is 5.74. The van der Waals surface area contributed by atoms with Crippen molar-refractivity contribution in [1.29, 1.82) is 0 Å². The van der Waals surface area contributed by atoms with Crippen LogP contribution in [-0.2, 0) is 19.9 Å². The summed E-state index contributed by atoms with van der Waals surface area (Å²) in [5, 5.41) is -0.480. The Morgan fingerprint density at radius 3 is 2.50 bits per heavy atom. The van der Waals surface area contributed by atoms with E-state index in [0.29, 0.717) is 5.56 Å². The van der Waals surface area contributed by atoms with Crippen molar-refractivity contribution >= 4 is 43.1 Å². The van der Waals surface area contributed by atoms with E-state index < -0.39 is 31.3 Å². The lowest BCUT2D eigenvalue weighted by molar-refractivity contribution is 0.563. The van der Waals surface area contributed by atoms with Gasteiger partial charge < -0.3 is 0 Å². The monoisotopic (exact) mass is 357 g/mol. The predicted molar refractivity (Wildman–Crippen MR) is 78.6 cm³/mol. The third-order valence-corrected chi connectivity index (χ3v) is 7.27. The molecule has 5 nitrogen and oxygen atoms in total. The molecular weight excluding hydrogens is 345 g/mol. The summed E-state index contributed by atoms with van der Waals surface area (Å²) < 4.78 is 49.8. The van der Waals surface area contributed by atoms with E-state index in [2.05, 4.69) is 4.72 Å². The van der Waals surface area contributed by atoms with Gasteiger partial charge in [0.05, 0.1) is 27.8 Å². The van der Waals surface area contributed by atoms with Gasteiger partial charge in [-0.1, -0.05) is 17.7 Å². The fraction of sp³-hybridized carbons (Fsp3) is 0.455. The summed E-state index contributed by atoms with van der Waals surface area (Å²) >= 11 is 11.7. The lowest BCUT2D eigenvalue weighted by Gasteiger charge is -2.16. The van der Waals surface area contributed by atoms with Crippen molar-refractivity contribution in [1.82, 2.24) is 4.72 Å². The van der Waals surface area contributed by atoms with Gasteiger partial charge in [-0.25, -0.2) is 21.6 Å². The normalized spacial score (nSPS) is 25.8. The molecule has 2 rings (SSSR count). The van der Waals surface area contributed by atoms with Gasteiger partial charge in [-0.3, -0.25) is 0 Å².